The predicted octanol–water partition coefficient (Wildman–Crippen LogP) is 15.8. The van der Waals surface area contributed by atoms with Crippen LogP contribution in [-0.4, -0.2) is 37.9 Å². The van der Waals surface area contributed by atoms with E-state index < -0.39 is 6.10 Å². The summed E-state index contributed by atoms with van der Waals surface area (Å²) >= 11 is 0. The molecule has 0 aliphatic heterocycles. The molecular formula is C51H90O5. The fraction of sp³-hybridized carbons (Fsp3) is 0.765. The van der Waals surface area contributed by atoms with Crippen LogP contribution in [0.25, 0.3) is 0 Å². The number of carbonyl (C=O) groups is 2. The fourth-order valence-electron chi connectivity index (χ4n) is 6.43. The Hall–Kier alpha value is -2.40. The van der Waals surface area contributed by atoms with Gasteiger partial charge < -0.3 is 14.2 Å². The molecule has 0 rings (SSSR count). The highest BCUT2D eigenvalue weighted by molar-refractivity contribution is 5.70. The van der Waals surface area contributed by atoms with Crippen molar-refractivity contribution in [3.8, 4) is 0 Å². The largest absolute Gasteiger partial charge is 0.462 e. The minimum Gasteiger partial charge on any atom is -0.462 e. The molecule has 0 spiro atoms. The molecule has 0 amide bonds. The van der Waals surface area contributed by atoms with E-state index in [0.29, 0.717) is 19.4 Å². The van der Waals surface area contributed by atoms with E-state index in [1.807, 2.05) is 0 Å². The monoisotopic (exact) mass is 783 g/mol. The van der Waals surface area contributed by atoms with Gasteiger partial charge in [-0.2, -0.15) is 0 Å². The maximum atomic E-state index is 12.5. The van der Waals surface area contributed by atoms with Crippen molar-refractivity contribution in [3.63, 3.8) is 0 Å². The third-order valence-corrected chi connectivity index (χ3v) is 10.0. The molecule has 5 nitrogen and oxygen atoms in total. The Labute approximate surface area is 347 Å². The molecular weight excluding hydrogens is 693 g/mol. The van der Waals surface area contributed by atoms with Gasteiger partial charge in [0.2, 0.25) is 0 Å². The fourth-order valence-corrected chi connectivity index (χ4v) is 6.43. The van der Waals surface area contributed by atoms with Crippen molar-refractivity contribution in [2.24, 2.45) is 0 Å². The molecule has 0 radical (unpaired) electrons. The summed E-state index contributed by atoms with van der Waals surface area (Å²) in [5.74, 6) is -0.430. The Morgan fingerprint density at radius 1 is 0.393 bits per heavy atom. The Kier molecular flexibility index (Phi) is 45.0. The highest BCUT2D eigenvalue weighted by Gasteiger charge is 2.17. The first kappa shape index (κ1) is 53.6. The molecule has 56 heavy (non-hydrogen) atoms. The summed E-state index contributed by atoms with van der Waals surface area (Å²) in [6.07, 6.45) is 58.2. The number of allylic oxidation sites excluding steroid dienone is 10. The normalized spacial score (nSPS) is 12.7. The van der Waals surface area contributed by atoms with Crippen LogP contribution in [0.3, 0.4) is 0 Å². The summed E-state index contributed by atoms with van der Waals surface area (Å²) in [5, 5.41) is 0. The van der Waals surface area contributed by atoms with E-state index in [0.717, 1.165) is 77.0 Å². The van der Waals surface area contributed by atoms with E-state index in [-0.39, 0.29) is 25.2 Å². The second-order valence-electron chi connectivity index (χ2n) is 15.7. The van der Waals surface area contributed by atoms with Crippen LogP contribution in [0.4, 0.5) is 0 Å². The first-order valence-corrected chi connectivity index (χ1v) is 23.8. The van der Waals surface area contributed by atoms with Gasteiger partial charge >= 0.3 is 11.9 Å². The van der Waals surface area contributed by atoms with Crippen LogP contribution in [0.15, 0.2) is 60.8 Å². The highest BCUT2D eigenvalue weighted by Crippen LogP contribution is 2.12. The van der Waals surface area contributed by atoms with Gasteiger partial charge in [-0.25, -0.2) is 0 Å². The van der Waals surface area contributed by atoms with E-state index in [1.54, 1.807) is 0 Å². The summed E-state index contributed by atoms with van der Waals surface area (Å²) < 4.78 is 17.2. The lowest BCUT2D eigenvalue weighted by Crippen LogP contribution is -2.30. The number of carbonyl (C=O) groups excluding carboxylic acids is 2. The number of ether oxygens (including phenoxy) is 3. The van der Waals surface area contributed by atoms with Crippen LogP contribution in [0.2, 0.25) is 0 Å². The molecule has 0 aliphatic rings. The zero-order valence-corrected chi connectivity index (χ0v) is 37.1. The third kappa shape index (κ3) is 44.3. The van der Waals surface area contributed by atoms with Gasteiger partial charge in [0.1, 0.15) is 6.61 Å². The Balaban J connectivity index is 4.08. The average molecular weight is 783 g/mol. The molecule has 1 atom stereocenters. The van der Waals surface area contributed by atoms with E-state index in [1.165, 1.54) is 116 Å². The quantitative estimate of drug-likeness (QED) is 0.0350. The lowest BCUT2D eigenvalue weighted by molar-refractivity contribution is -0.163. The molecule has 0 aliphatic carbocycles. The summed E-state index contributed by atoms with van der Waals surface area (Å²) in [7, 11) is 0. The van der Waals surface area contributed by atoms with Crippen molar-refractivity contribution in [1.29, 1.82) is 0 Å². The van der Waals surface area contributed by atoms with Crippen LogP contribution in [0, 0.1) is 0 Å². The van der Waals surface area contributed by atoms with Gasteiger partial charge in [0, 0.05) is 19.4 Å². The average Bonchev–Trinajstić information content (AvgIpc) is 3.20. The lowest BCUT2D eigenvalue weighted by atomic mass is 10.1. The molecule has 1 unspecified atom stereocenters. The standard InChI is InChI=1S/C51H90O5/c1-4-7-10-13-15-17-19-21-23-24-25-26-27-29-31-33-35-37-40-43-46-54-47-49(56-51(53)45-42-38-12-9-6-3)48-55-50(52)44-41-39-36-34-32-30-28-22-20-18-16-14-11-8-5-2/h15-18,21-23,25-26,28,49H,4-14,19-20,24,27,29-48H2,1-3H3/b17-15-,18-16-,23-21-,26-25-,28-22-. The molecule has 5 heteroatoms. The number of esters is 2. The maximum absolute atomic E-state index is 12.5. The third-order valence-electron chi connectivity index (χ3n) is 10.0. The number of hydrogen-bond acceptors (Lipinski definition) is 5. The molecule has 0 N–H and O–H groups in total. The van der Waals surface area contributed by atoms with Crippen LogP contribution < -0.4 is 0 Å². The number of hydrogen-bond donors (Lipinski definition) is 0. The first-order chi connectivity index (χ1) is 27.6. The van der Waals surface area contributed by atoms with Gasteiger partial charge in [0.05, 0.1) is 6.61 Å². The van der Waals surface area contributed by atoms with Gasteiger partial charge in [-0.15, -0.1) is 0 Å². The van der Waals surface area contributed by atoms with E-state index in [9.17, 15) is 9.59 Å². The highest BCUT2D eigenvalue weighted by atomic mass is 16.6. The van der Waals surface area contributed by atoms with Gasteiger partial charge in [0.15, 0.2) is 6.10 Å². The zero-order chi connectivity index (χ0) is 40.7. The molecule has 324 valence electrons. The van der Waals surface area contributed by atoms with Crippen molar-refractivity contribution in [1.82, 2.24) is 0 Å². The molecule has 0 bridgehead atoms. The van der Waals surface area contributed by atoms with Crippen molar-refractivity contribution >= 4 is 11.9 Å². The van der Waals surface area contributed by atoms with Gasteiger partial charge in [-0.1, -0.05) is 184 Å². The van der Waals surface area contributed by atoms with Crippen LogP contribution in [0.5, 0.6) is 0 Å². The van der Waals surface area contributed by atoms with Crippen molar-refractivity contribution in [3.05, 3.63) is 60.8 Å². The molecule has 0 saturated carbocycles. The molecule has 0 aromatic rings. The molecule has 0 saturated heterocycles. The summed E-state index contributed by atoms with van der Waals surface area (Å²) in [6, 6.07) is 0. The second kappa shape index (κ2) is 47.0. The number of unbranched alkanes of at least 4 members (excludes halogenated alkanes) is 22. The van der Waals surface area contributed by atoms with Gasteiger partial charge in [0.25, 0.3) is 0 Å². The topological polar surface area (TPSA) is 61.8 Å². The van der Waals surface area contributed by atoms with Crippen molar-refractivity contribution in [2.45, 2.75) is 232 Å². The summed E-state index contributed by atoms with van der Waals surface area (Å²) in [4.78, 5) is 25.0. The molecule has 0 aromatic heterocycles. The lowest BCUT2D eigenvalue weighted by Gasteiger charge is -2.18. The molecule has 0 fully saturated rings. The Morgan fingerprint density at radius 3 is 1.23 bits per heavy atom. The zero-order valence-electron chi connectivity index (χ0n) is 37.1. The van der Waals surface area contributed by atoms with Crippen LogP contribution in [0.1, 0.15) is 226 Å². The van der Waals surface area contributed by atoms with Crippen LogP contribution in [-0.2, 0) is 23.8 Å². The summed E-state index contributed by atoms with van der Waals surface area (Å²) in [5.41, 5.74) is 0. The Morgan fingerprint density at radius 2 is 0.750 bits per heavy atom. The van der Waals surface area contributed by atoms with E-state index in [4.69, 9.17) is 14.2 Å². The minimum atomic E-state index is -0.543. The van der Waals surface area contributed by atoms with Gasteiger partial charge in [-0.3, -0.25) is 9.59 Å². The number of rotatable bonds is 43. The molecule has 0 aromatic carbocycles. The van der Waals surface area contributed by atoms with E-state index >= 15 is 0 Å². The smallest absolute Gasteiger partial charge is 0.306 e. The van der Waals surface area contributed by atoms with Gasteiger partial charge in [-0.05, 0) is 89.9 Å². The van der Waals surface area contributed by atoms with Crippen molar-refractivity contribution in [2.75, 3.05) is 19.8 Å². The summed E-state index contributed by atoms with van der Waals surface area (Å²) in [6.45, 7) is 7.67. The maximum Gasteiger partial charge on any atom is 0.306 e. The van der Waals surface area contributed by atoms with E-state index in [2.05, 4.69) is 81.5 Å². The molecule has 0 heterocycles. The van der Waals surface area contributed by atoms with Crippen LogP contribution >= 0.6 is 0 Å². The Bertz CT molecular complexity index is 977. The van der Waals surface area contributed by atoms with Crippen molar-refractivity contribution < 1.29 is 23.8 Å². The predicted molar refractivity (Wildman–Crippen MR) is 242 cm³/mol. The minimum absolute atomic E-state index is 0.0728. The second-order valence-corrected chi connectivity index (χ2v) is 15.7. The SMILES string of the molecule is CCCCC/C=C\C/C=C\C/C=C\CCCCCCCCCOCC(COC(=O)CCCCCCC/C=C\C/C=C\CCCCC)OC(=O)CCCCCCC. The first-order valence-electron chi connectivity index (χ1n) is 23.8.